The van der Waals surface area contributed by atoms with E-state index in [1.165, 1.54) is 0 Å². The van der Waals surface area contributed by atoms with Gasteiger partial charge < -0.3 is 11.5 Å². The van der Waals surface area contributed by atoms with Gasteiger partial charge in [-0.25, -0.2) is 0 Å². The molecule has 0 aliphatic carbocycles. The monoisotopic (exact) mass is 442 g/mol. The molecule has 0 bridgehead atoms. The number of nitrogens with zero attached hydrogens (tertiary/aromatic N) is 4. The van der Waals surface area contributed by atoms with Crippen molar-refractivity contribution in [3.05, 3.63) is 9.81 Å². The highest BCUT2D eigenvalue weighted by Crippen LogP contribution is 2.28. The molecule has 0 saturated carbocycles. The Morgan fingerprint density at radius 1 is 0.806 bits per heavy atom. The summed E-state index contributed by atoms with van der Waals surface area (Å²) in [4.78, 5) is 47.7. The number of carbonyl (C=O) groups excluding carboxylic acids is 2. The number of nitrogens with two attached hydrogens (primary N) is 2. The maximum atomic E-state index is 11.6. The standard InChI is InChI=1S/C21H42N6O4/c1-21(2,3)14-18(8-7-10-25-31)15-27(17-20(23)29)13-12-26(16-19(22)28)11-6-4-5-9-24-30/h18H,4-17H2,1-3H3,(H2,22,28)(H2,23,29). The topological polar surface area (TPSA) is 152 Å². The molecule has 2 amide bonds. The third-order valence-electron chi connectivity index (χ3n) is 4.99. The number of primary amides is 2. The first-order chi connectivity index (χ1) is 14.6. The van der Waals surface area contributed by atoms with E-state index in [1.807, 2.05) is 9.80 Å². The van der Waals surface area contributed by atoms with Crippen LogP contribution in [0.25, 0.3) is 0 Å². The molecule has 4 N–H and O–H groups in total. The van der Waals surface area contributed by atoms with E-state index < -0.39 is 11.8 Å². The summed E-state index contributed by atoms with van der Waals surface area (Å²) in [5, 5.41) is 5.81. The van der Waals surface area contributed by atoms with Crippen LogP contribution in [0.3, 0.4) is 0 Å². The van der Waals surface area contributed by atoms with Crippen molar-refractivity contribution in [3.8, 4) is 0 Å². The van der Waals surface area contributed by atoms with Crippen LogP contribution < -0.4 is 11.5 Å². The molecule has 0 aromatic rings. The van der Waals surface area contributed by atoms with Gasteiger partial charge in [0.25, 0.3) is 0 Å². The average Bonchev–Trinajstić information content (AvgIpc) is 2.63. The van der Waals surface area contributed by atoms with Gasteiger partial charge in [0.1, 0.15) is 0 Å². The number of rotatable bonds is 20. The van der Waals surface area contributed by atoms with Gasteiger partial charge in [-0.05, 0) is 50.0 Å². The molecule has 0 rings (SSSR count). The second-order valence-corrected chi connectivity index (χ2v) is 9.48. The van der Waals surface area contributed by atoms with Gasteiger partial charge in [-0.3, -0.25) is 19.4 Å². The minimum absolute atomic E-state index is 0.117. The van der Waals surface area contributed by atoms with E-state index in [1.54, 1.807) is 0 Å². The SMILES string of the molecule is CC(C)(C)CC(CCCN=O)CN(CCN(CCCCCN=O)CC(N)=O)CC(N)=O. The number of nitroso groups, excluding NO2 is 2. The second kappa shape index (κ2) is 16.7. The maximum Gasteiger partial charge on any atom is 0.231 e. The smallest absolute Gasteiger partial charge is 0.231 e. The van der Waals surface area contributed by atoms with E-state index in [-0.39, 0.29) is 18.5 Å². The summed E-state index contributed by atoms with van der Waals surface area (Å²) < 4.78 is 0. The van der Waals surface area contributed by atoms with Crippen molar-refractivity contribution >= 4 is 11.8 Å². The molecule has 0 aromatic carbocycles. The fraction of sp³-hybridized carbons (Fsp3) is 0.905. The Labute approximate surface area is 186 Å². The van der Waals surface area contributed by atoms with Crippen molar-refractivity contribution in [3.63, 3.8) is 0 Å². The minimum Gasteiger partial charge on any atom is -0.369 e. The van der Waals surface area contributed by atoms with Crippen LogP contribution in [0.2, 0.25) is 0 Å². The summed E-state index contributed by atoms with van der Waals surface area (Å²) in [7, 11) is 0. The molecule has 0 aliphatic rings. The molecule has 180 valence electrons. The summed E-state index contributed by atoms with van der Waals surface area (Å²) in [6, 6.07) is 0. The molecule has 31 heavy (non-hydrogen) atoms. The quantitative estimate of drug-likeness (QED) is 0.217. The van der Waals surface area contributed by atoms with Crippen molar-refractivity contribution < 1.29 is 9.59 Å². The van der Waals surface area contributed by atoms with Crippen molar-refractivity contribution in [2.45, 2.75) is 59.3 Å². The molecule has 1 atom stereocenters. The van der Waals surface area contributed by atoms with Crippen LogP contribution in [-0.2, 0) is 9.59 Å². The Hall–Kier alpha value is -1.94. The normalized spacial score (nSPS) is 12.8. The lowest BCUT2D eigenvalue weighted by molar-refractivity contribution is -0.120. The first-order valence-corrected chi connectivity index (χ1v) is 11.2. The molecule has 0 saturated heterocycles. The van der Waals surface area contributed by atoms with Crippen LogP contribution in [0.1, 0.15) is 59.3 Å². The lowest BCUT2D eigenvalue weighted by atomic mass is 9.82. The highest BCUT2D eigenvalue weighted by atomic mass is 16.3. The van der Waals surface area contributed by atoms with Crippen LogP contribution in [0.4, 0.5) is 0 Å². The Morgan fingerprint density at radius 3 is 1.90 bits per heavy atom. The number of carbonyl (C=O) groups is 2. The predicted octanol–water partition coefficient (Wildman–Crippen LogP) is 2.10. The molecule has 0 fully saturated rings. The molecule has 0 aliphatic heterocycles. The fourth-order valence-electron chi connectivity index (χ4n) is 3.85. The third-order valence-corrected chi connectivity index (χ3v) is 4.99. The van der Waals surface area contributed by atoms with Crippen LogP contribution in [0, 0.1) is 21.1 Å². The van der Waals surface area contributed by atoms with Gasteiger partial charge in [0, 0.05) is 19.6 Å². The Kier molecular flexibility index (Phi) is 15.7. The van der Waals surface area contributed by atoms with Crippen molar-refractivity contribution in [1.82, 2.24) is 9.80 Å². The fourth-order valence-corrected chi connectivity index (χ4v) is 3.85. The van der Waals surface area contributed by atoms with E-state index in [9.17, 15) is 19.4 Å². The molecular formula is C21H42N6O4. The lowest BCUT2D eigenvalue weighted by Crippen LogP contribution is -2.44. The lowest BCUT2D eigenvalue weighted by Gasteiger charge is -2.32. The molecule has 1 unspecified atom stereocenters. The van der Waals surface area contributed by atoms with Gasteiger partial charge in [0.2, 0.25) is 11.8 Å². The van der Waals surface area contributed by atoms with E-state index in [0.29, 0.717) is 45.2 Å². The zero-order chi connectivity index (χ0) is 23.7. The van der Waals surface area contributed by atoms with Crippen molar-refractivity contribution in [2.75, 3.05) is 52.4 Å². The summed E-state index contributed by atoms with van der Waals surface area (Å²) in [6.45, 7) is 9.94. The molecular weight excluding hydrogens is 400 g/mol. The Bertz CT molecular complexity index is 538. The van der Waals surface area contributed by atoms with Crippen LogP contribution >= 0.6 is 0 Å². The van der Waals surface area contributed by atoms with Gasteiger partial charge in [0.15, 0.2) is 0 Å². The highest BCUT2D eigenvalue weighted by Gasteiger charge is 2.22. The Morgan fingerprint density at radius 2 is 1.35 bits per heavy atom. The summed E-state index contributed by atoms with van der Waals surface area (Å²) >= 11 is 0. The van der Waals surface area contributed by atoms with E-state index >= 15 is 0 Å². The average molecular weight is 443 g/mol. The van der Waals surface area contributed by atoms with Crippen molar-refractivity contribution in [1.29, 1.82) is 0 Å². The van der Waals surface area contributed by atoms with E-state index in [2.05, 4.69) is 31.1 Å². The second-order valence-electron chi connectivity index (χ2n) is 9.48. The van der Waals surface area contributed by atoms with Crippen LogP contribution in [-0.4, -0.2) is 74.0 Å². The number of hydrogen-bond donors (Lipinski definition) is 2. The molecule has 10 heteroatoms. The summed E-state index contributed by atoms with van der Waals surface area (Å²) in [5.74, 6) is -0.489. The first-order valence-electron chi connectivity index (χ1n) is 11.2. The zero-order valence-corrected chi connectivity index (χ0v) is 19.6. The molecule has 0 spiro atoms. The number of amides is 2. The van der Waals surface area contributed by atoms with Crippen molar-refractivity contribution in [2.24, 2.45) is 33.2 Å². The third kappa shape index (κ3) is 18.5. The predicted molar refractivity (Wildman–Crippen MR) is 123 cm³/mol. The highest BCUT2D eigenvalue weighted by molar-refractivity contribution is 5.76. The van der Waals surface area contributed by atoms with Gasteiger partial charge in [-0.2, -0.15) is 9.81 Å². The van der Waals surface area contributed by atoms with Crippen LogP contribution in [0.15, 0.2) is 10.4 Å². The van der Waals surface area contributed by atoms with Gasteiger partial charge in [-0.15, -0.1) is 0 Å². The summed E-state index contributed by atoms with van der Waals surface area (Å²) in [5.41, 5.74) is 11.0. The molecule has 0 heterocycles. The van der Waals surface area contributed by atoms with E-state index in [4.69, 9.17) is 11.5 Å². The molecule has 0 aromatic heterocycles. The summed E-state index contributed by atoms with van der Waals surface area (Å²) in [6.07, 6.45) is 4.95. The number of unbranched alkanes of at least 4 members (excludes halogenated alkanes) is 2. The Balaban J connectivity index is 4.96. The minimum atomic E-state index is -0.400. The van der Waals surface area contributed by atoms with Gasteiger partial charge in [-0.1, -0.05) is 37.5 Å². The van der Waals surface area contributed by atoms with Gasteiger partial charge in [0.05, 0.1) is 26.2 Å². The largest absolute Gasteiger partial charge is 0.369 e. The zero-order valence-electron chi connectivity index (χ0n) is 19.6. The molecule has 0 radical (unpaired) electrons. The first kappa shape index (κ1) is 29.1. The number of hydrogen-bond acceptors (Lipinski definition) is 8. The van der Waals surface area contributed by atoms with Crippen LogP contribution in [0.5, 0.6) is 0 Å². The maximum absolute atomic E-state index is 11.6. The molecule has 10 nitrogen and oxygen atoms in total. The van der Waals surface area contributed by atoms with E-state index in [0.717, 1.165) is 38.5 Å². The van der Waals surface area contributed by atoms with Gasteiger partial charge >= 0.3 is 0 Å².